The van der Waals surface area contributed by atoms with Crippen LogP contribution in [0.4, 0.5) is 10.1 Å². The van der Waals surface area contributed by atoms with Crippen molar-refractivity contribution in [1.29, 1.82) is 0 Å². The van der Waals surface area contributed by atoms with Gasteiger partial charge < -0.3 is 9.47 Å². The fourth-order valence-electron chi connectivity index (χ4n) is 3.49. The van der Waals surface area contributed by atoms with Gasteiger partial charge in [0.25, 0.3) is 15.9 Å². The summed E-state index contributed by atoms with van der Waals surface area (Å²) in [6.07, 6.45) is 2.88. The lowest BCUT2D eigenvalue weighted by molar-refractivity contribution is 0.0720. The Balaban J connectivity index is 2.08. The van der Waals surface area contributed by atoms with Crippen LogP contribution in [0.25, 0.3) is 0 Å². The number of likely N-dealkylation sites (tertiary alicyclic amines) is 1. The van der Waals surface area contributed by atoms with E-state index in [4.69, 9.17) is 0 Å². The van der Waals surface area contributed by atoms with Crippen LogP contribution in [-0.4, -0.2) is 36.9 Å². The summed E-state index contributed by atoms with van der Waals surface area (Å²) in [5.74, 6) is -0.958. The lowest BCUT2D eigenvalue weighted by atomic mass is 10.1. The van der Waals surface area contributed by atoms with E-state index in [9.17, 15) is 17.6 Å². The molecule has 1 aromatic heterocycles. The maximum absolute atomic E-state index is 14.0. The molecule has 0 unspecified atom stereocenters. The number of carbonyl (C=O) groups excluding carboxylic acids is 1. The number of hydrogen-bond donors (Lipinski definition) is 1. The Bertz CT molecular complexity index is 976. The average molecular weight is 393 g/mol. The summed E-state index contributed by atoms with van der Waals surface area (Å²) < 4.78 is 44.1. The highest BCUT2D eigenvalue weighted by Gasteiger charge is 2.33. The molecule has 0 radical (unpaired) electrons. The van der Waals surface area contributed by atoms with Crippen LogP contribution in [0, 0.1) is 19.7 Å². The van der Waals surface area contributed by atoms with E-state index >= 15 is 0 Å². The summed E-state index contributed by atoms with van der Waals surface area (Å²) >= 11 is 0. The minimum absolute atomic E-state index is 0.0821. The Morgan fingerprint density at radius 3 is 2.33 bits per heavy atom. The molecule has 1 aliphatic heterocycles. The zero-order valence-electron chi connectivity index (χ0n) is 15.8. The molecule has 1 N–H and O–H groups in total. The maximum atomic E-state index is 14.0. The summed E-state index contributed by atoms with van der Waals surface area (Å²) in [5, 5.41) is 0. The van der Waals surface area contributed by atoms with Crippen molar-refractivity contribution >= 4 is 21.6 Å². The third-order valence-corrected chi connectivity index (χ3v) is 6.69. The van der Waals surface area contributed by atoms with Gasteiger partial charge in [-0.3, -0.25) is 9.52 Å². The number of sulfonamides is 1. The van der Waals surface area contributed by atoms with Crippen molar-refractivity contribution in [2.75, 3.05) is 17.8 Å². The van der Waals surface area contributed by atoms with Gasteiger partial charge in [-0.1, -0.05) is 12.1 Å². The van der Waals surface area contributed by atoms with E-state index in [1.165, 1.54) is 18.2 Å². The Hall–Kier alpha value is -2.35. The number of benzene rings is 1. The molecule has 0 saturated carbocycles. The second-order valence-corrected chi connectivity index (χ2v) is 8.49. The average Bonchev–Trinajstić information content (AvgIpc) is 2.88. The Morgan fingerprint density at radius 1 is 1.07 bits per heavy atom. The first-order valence-corrected chi connectivity index (χ1v) is 10.4. The van der Waals surface area contributed by atoms with E-state index in [0.717, 1.165) is 19.3 Å². The van der Waals surface area contributed by atoms with Crippen molar-refractivity contribution in [3.8, 4) is 0 Å². The van der Waals surface area contributed by atoms with Gasteiger partial charge in [0, 0.05) is 31.5 Å². The van der Waals surface area contributed by atoms with Gasteiger partial charge in [-0.05, 0) is 45.2 Å². The smallest absolute Gasteiger partial charge is 0.264 e. The Morgan fingerprint density at radius 2 is 1.70 bits per heavy atom. The van der Waals surface area contributed by atoms with E-state index in [1.807, 2.05) is 0 Å². The van der Waals surface area contributed by atoms with Crippen molar-refractivity contribution in [1.82, 2.24) is 9.47 Å². The normalized spacial score (nSPS) is 15.0. The molecule has 0 atom stereocenters. The zero-order chi connectivity index (χ0) is 19.8. The van der Waals surface area contributed by atoms with Crippen molar-refractivity contribution in [3.05, 3.63) is 47.0 Å². The first-order chi connectivity index (χ1) is 12.7. The third kappa shape index (κ3) is 3.58. The molecule has 27 heavy (non-hydrogen) atoms. The molecule has 8 heteroatoms. The highest BCUT2D eigenvalue weighted by Crippen LogP contribution is 2.30. The van der Waals surface area contributed by atoms with E-state index in [-0.39, 0.29) is 22.1 Å². The van der Waals surface area contributed by atoms with Gasteiger partial charge in [0.2, 0.25) is 0 Å². The molecule has 1 saturated heterocycles. The molecule has 0 spiro atoms. The van der Waals surface area contributed by atoms with Crippen LogP contribution in [0.15, 0.2) is 29.2 Å². The van der Waals surface area contributed by atoms with Crippen molar-refractivity contribution < 1.29 is 17.6 Å². The number of para-hydroxylation sites is 1. The molecule has 3 rings (SSSR count). The molecule has 1 aliphatic rings. The van der Waals surface area contributed by atoms with Crippen LogP contribution in [0.2, 0.25) is 0 Å². The molecule has 6 nitrogen and oxygen atoms in total. The summed E-state index contributed by atoms with van der Waals surface area (Å²) in [7, 11) is -2.42. The number of anilines is 1. The largest absolute Gasteiger partial charge is 0.350 e. The number of carbonyl (C=O) groups is 1. The van der Waals surface area contributed by atoms with Gasteiger partial charge in [-0.25, -0.2) is 12.8 Å². The zero-order valence-corrected chi connectivity index (χ0v) is 16.6. The van der Waals surface area contributed by atoms with E-state index < -0.39 is 15.8 Å². The maximum Gasteiger partial charge on any atom is 0.264 e. The first-order valence-electron chi connectivity index (χ1n) is 8.96. The summed E-state index contributed by atoms with van der Waals surface area (Å²) in [4.78, 5) is 14.7. The molecule has 1 aromatic carbocycles. The number of nitrogens with zero attached hydrogens (tertiary/aromatic N) is 2. The van der Waals surface area contributed by atoms with Gasteiger partial charge in [0.1, 0.15) is 10.7 Å². The van der Waals surface area contributed by atoms with Gasteiger partial charge >= 0.3 is 0 Å². The fourth-order valence-corrected chi connectivity index (χ4v) is 5.08. The van der Waals surface area contributed by atoms with Gasteiger partial charge in [0.05, 0.1) is 11.3 Å². The second-order valence-electron chi connectivity index (χ2n) is 6.87. The van der Waals surface area contributed by atoms with Gasteiger partial charge in [0.15, 0.2) is 0 Å². The van der Waals surface area contributed by atoms with E-state index in [1.54, 1.807) is 36.4 Å². The lowest BCUT2D eigenvalue weighted by Gasteiger charge is -2.27. The molecule has 0 aliphatic carbocycles. The molecular formula is C19H24FN3O3S. The highest BCUT2D eigenvalue weighted by molar-refractivity contribution is 7.92. The lowest BCUT2D eigenvalue weighted by Crippen LogP contribution is -2.36. The van der Waals surface area contributed by atoms with Crippen LogP contribution in [-0.2, 0) is 17.1 Å². The number of hydrogen-bond acceptors (Lipinski definition) is 3. The molecule has 146 valence electrons. The number of halogens is 1. The van der Waals surface area contributed by atoms with Gasteiger partial charge in [-0.15, -0.1) is 0 Å². The van der Waals surface area contributed by atoms with Crippen LogP contribution in [0.5, 0.6) is 0 Å². The summed E-state index contributed by atoms with van der Waals surface area (Å²) in [6.45, 7) is 4.61. The van der Waals surface area contributed by atoms with Crippen molar-refractivity contribution in [2.45, 2.75) is 38.0 Å². The molecule has 2 heterocycles. The van der Waals surface area contributed by atoms with Crippen LogP contribution >= 0.6 is 0 Å². The standard InChI is InChI=1S/C19H24FN3O3S/c1-13-17(19(24)23-11-7-4-8-12-23)18(14(2)22(13)3)27(25,26)21-16-10-6-5-9-15(16)20/h5-6,9-10,21H,4,7-8,11-12H2,1-3H3. The summed E-state index contributed by atoms with van der Waals surface area (Å²) in [6, 6.07) is 5.56. The Labute approximate surface area is 159 Å². The number of rotatable bonds is 4. The number of nitrogens with one attached hydrogen (secondary N) is 1. The van der Waals surface area contributed by atoms with Crippen LogP contribution in [0.3, 0.4) is 0 Å². The highest BCUT2D eigenvalue weighted by atomic mass is 32.2. The van der Waals surface area contributed by atoms with E-state index in [0.29, 0.717) is 24.5 Å². The van der Waals surface area contributed by atoms with E-state index in [2.05, 4.69) is 4.72 Å². The van der Waals surface area contributed by atoms with Crippen molar-refractivity contribution in [2.24, 2.45) is 7.05 Å². The molecule has 0 bridgehead atoms. The fraction of sp³-hybridized carbons (Fsp3) is 0.421. The molecular weight excluding hydrogens is 369 g/mol. The first kappa shape index (κ1) is 19.4. The number of amides is 1. The minimum atomic E-state index is -4.14. The minimum Gasteiger partial charge on any atom is -0.350 e. The quantitative estimate of drug-likeness (QED) is 0.867. The number of aromatic nitrogens is 1. The predicted molar refractivity (Wildman–Crippen MR) is 102 cm³/mol. The monoisotopic (exact) mass is 393 g/mol. The predicted octanol–water partition coefficient (Wildman–Crippen LogP) is 3.21. The number of piperidine rings is 1. The van der Waals surface area contributed by atoms with Crippen LogP contribution in [0.1, 0.15) is 41.0 Å². The third-order valence-electron chi connectivity index (χ3n) is 5.17. The second kappa shape index (κ2) is 7.34. The van der Waals surface area contributed by atoms with Gasteiger partial charge in [-0.2, -0.15) is 0 Å². The Kier molecular flexibility index (Phi) is 5.28. The van der Waals surface area contributed by atoms with Crippen LogP contribution < -0.4 is 4.72 Å². The summed E-state index contributed by atoms with van der Waals surface area (Å²) in [5.41, 5.74) is 1.05. The molecule has 1 fully saturated rings. The van der Waals surface area contributed by atoms with Crippen molar-refractivity contribution in [3.63, 3.8) is 0 Å². The topological polar surface area (TPSA) is 71.4 Å². The SMILES string of the molecule is Cc1c(C(=O)N2CCCCC2)c(S(=O)(=O)Nc2ccccc2F)c(C)n1C. The molecule has 2 aromatic rings. The molecule has 1 amide bonds.